The Morgan fingerprint density at radius 1 is 1.50 bits per heavy atom. The molecule has 0 aromatic heterocycles. The molecular weight excluding hydrogens is 212 g/mol. The summed E-state index contributed by atoms with van der Waals surface area (Å²) in [5, 5.41) is 1.10. The van der Waals surface area contributed by atoms with Crippen LogP contribution in [0.4, 0.5) is 0 Å². The third kappa shape index (κ3) is 7.88. The topological polar surface area (TPSA) is 0 Å². The molecule has 0 amide bonds. The molecule has 0 atom stereocenters. The maximum absolute atomic E-state index is 3.42. The molecule has 0 aliphatic carbocycles. The number of alkyl halides is 1. The maximum atomic E-state index is 3.42. The molecule has 0 heterocycles. The predicted molar refractivity (Wildman–Crippen MR) is 59.5 cm³/mol. The van der Waals surface area contributed by atoms with E-state index in [1.807, 2.05) is 6.92 Å². The van der Waals surface area contributed by atoms with Gasteiger partial charge in [-0.1, -0.05) is 27.6 Å². The molecule has 0 rings (SSSR count). The van der Waals surface area contributed by atoms with Gasteiger partial charge in [-0.15, -0.1) is 11.8 Å². The first kappa shape index (κ1) is 11.8. The lowest BCUT2D eigenvalue weighted by Gasteiger charge is -1.96. The molecule has 0 bridgehead atoms. The highest BCUT2D eigenvalue weighted by molar-refractivity contribution is 9.09. The van der Waals surface area contributed by atoms with Crippen LogP contribution < -0.4 is 0 Å². The van der Waals surface area contributed by atoms with Crippen LogP contribution in [0.25, 0.3) is 0 Å². The largest absolute Gasteiger partial charge is 0.107 e. The van der Waals surface area contributed by atoms with Crippen LogP contribution in [0.2, 0.25) is 0 Å². The highest BCUT2D eigenvalue weighted by Gasteiger charge is 1.88. The number of allylic oxidation sites excluding steroid dienone is 2. The summed E-state index contributed by atoms with van der Waals surface area (Å²) in [6.07, 6.45) is 6.86. The van der Waals surface area contributed by atoms with Crippen molar-refractivity contribution in [3.8, 4) is 11.8 Å². The van der Waals surface area contributed by atoms with Crippen molar-refractivity contribution in [2.75, 3.05) is 5.33 Å². The van der Waals surface area contributed by atoms with Gasteiger partial charge in [0.15, 0.2) is 0 Å². The van der Waals surface area contributed by atoms with Crippen LogP contribution in [-0.4, -0.2) is 5.33 Å². The van der Waals surface area contributed by atoms with E-state index in [1.165, 1.54) is 18.4 Å². The summed E-state index contributed by atoms with van der Waals surface area (Å²) >= 11 is 3.42. The van der Waals surface area contributed by atoms with Gasteiger partial charge in [-0.2, -0.15) is 0 Å². The van der Waals surface area contributed by atoms with Gasteiger partial charge in [-0.3, -0.25) is 0 Å². The molecule has 0 nitrogen and oxygen atoms in total. The first-order valence-electron chi connectivity index (χ1n) is 4.42. The van der Waals surface area contributed by atoms with E-state index in [4.69, 9.17) is 0 Å². The van der Waals surface area contributed by atoms with Crippen LogP contribution in [-0.2, 0) is 0 Å². The van der Waals surface area contributed by atoms with Crippen molar-refractivity contribution in [2.45, 2.75) is 39.5 Å². The molecule has 0 aliphatic rings. The van der Waals surface area contributed by atoms with E-state index in [-0.39, 0.29) is 0 Å². The van der Waals surface area contributed by atoms with E-state index in [1.54, 1.807) is 0 Å². The molecule has 0 saturated heterocycles. The van der Waals surface area contributed by atoms with Gasteiger partial charge in [0.1, 0.15) is 0 Å². The first-order valence-corrected chi connectivity index (χ1v) is 5.54. The van der Waals surface area contributed by atoms with Gasteiger partial charge in [0.05, 0.1) is 0 Å². The van der Waals surface area contributed by atoms with Crippen LogP contribution in [0.1, 0.15) is 39.5 Å². The highest BCUT2D eigenvalue weighted by Crippen LogP contribution is 2.07. The summed E-state index contributed by atoms with van der Waals surface area (Å²) in [4.78, 5) is 0. The van der Waals surface area contributed by atoms with Crippen LogP contribution >= 0.6 is 15.9 Å². The van der Waals surface area contributed by atoms with E-state index in [0.29, 0.717) is 0 Å². The summed E-state index contributed by atoms with van der Waals surface area (Å²) in [7, 11) is 0. The monoisotopic (exact) mass is 228 g/mol. The quantitative estimate of drug-likeness (QED) is 0.290. The lowest BCUT2D eigenvalue weighted by atomic mass is 10.1. The fraction of sp³-hybridized carbons (Fsp3) is 0.636. The zero-order valence-corrected chi connectivity index (χ0v) is 9.58. The fourth-order valence-electron chi connectivity index (χ4n) is 0.963. The Morgan fingerprint density at radius 3 is 2.83 bits per heavy atom. The van der Waals surface area contributed by atoms with Crippen LogP contribution in [0, 0.1) is 11.8 Å². The Labute approximate surface area is 84.6 Å². The van der Waals surface area contributed by atoms with E-state index >= 15 is 0 Å². The van der Waals surface area contributed by atoms with Crippen molar-refractivity contribution in [1.82, 2.24) is 0 Å². The zero-order chi connectivity index (χ0) is 9.23. The predicted octanol–water partition coefficient (Wildman–Crippen LogP) is 3.91. The Kier molecular flexibility index (Phi) is 8.71. The fourth-order valence-corrected chi connectivity index (χ4v) is 1.24. The first-order chi connectivity index (χ1) is 5.81. The summed E-state index contributed by atoms with van der Waals surface area (Å²) < 4.78 is 0. The Hall–Kier alpha value is -0.220. The molecule has 0 saturated carbocycles. The Balaban J connectivity index is 3.45. The van der Waals surface area contributed by atoms with Gasteiger partial charge in [0.2, 0.25) is 0 Å². The lowest BCUT2D eigenvalue weighted by Crippen LogP contribution is -1.79. The smallest absolute Gasteiger partial charge is 0.0123 e. The van der Waals surface area contributed by atoms with Crippen molar-refractivity contribution in [3.05, 3.63) is 11.6 Å². The van der Waals surface area contributed by atoms with Crippen molar-refractivity contribution in [1.29, 1.82) is 0 Å². The second-order valence-corrected chi connectivity index (χ2v) is 3.60. The van der Waals surface area contributed by atoms with Gasteiger partial charge < -0.3 is 0 Å². The number of unbranched alkanes of at least 4 members (excludes halogenated alkanes) is 1. The van der Waals surface area contributed by atoms with Crippen LogP contribution in [0.15, 0.2) is 11.6 Å². The summed E-state index contributed by atoms with van der Waals surface area (Å²) in [5.41, 5.74) is 1.49. The number of halogens is 1. The summed E-state index contributed by atoms with van der Waals surface area (Å²) in [6, 6.07) is 0. The molecule has 1 heteroatoms. The minimum Gasteiger partial charge on any atom is -0.107 e. The molecule has 0 fully saturated rings. The molecular formula is C11H17Br. The second-order valence-electron chi connectivity index (χ2n) is 2.81. The summed E-state index contributed by atoms with van der Waals surface area (Å²) in [5.74, 6) is 5.95. The van der Waals surface area contributed by atoms with Crippen LogP contribution in [0.3, 0.4) is 0 Å². The molecule has 68 valence electrons. The zero-order valence-electron chi connectivity index (χ0n) is 7.99. The van der Waals surface area contributed by atoms with E-state index in [2.05, 4.69) is 40.8 Å². The van der Waals surface area contributed by atoms with Gasteiger partial charge in [-0.25, -0.2) is 0 Å². The molecule has 0 spiro atoms. The number of hydrogen-bond acceptors (Lipinski definition) is 0. The van der Waals surface area contributed by atoms with Crippen molar-refractivity contribution < 1.29 is 0 Å². The van der Waals surface area contributed by atoms with Gasteiger partial charge in [0.25, 0.3) is 0 Å². The van der Waals surface area contributed by atoms with Crippen molar-refractivity contribution >= 4 is 15.9 Å². The van der Waals surface area contributed by atoms with Crippen molar-refractivity contribution in [3.63, 3.8) is 0 Å². The summed E-state index contributed by atoms with van der Waals surface area (Å²) in [6.45, 7) is 4.09. The standard InChI is InChI=1S/C11H17Br/c1-3-4-5-6-8-11(2)9-7-10-12/h8H,5-7,9-10H2,1-2H3/b11-8+. The van der Waals surface area contributed by atoms with Gasteiger partial charge >= 0.3 is 0 Å². The van der Waals surface area contributed by atoms with Crippen molar-refractivity contribution in [2.24, 2.45) is 0 Å². The minimum absolute atomic E-state index is 1.00. The Bertz CT molecular complexity index is 181. The van der Waals surface area contributed by atoms with E-state index in [9.17, 15) is 0 Å². The third-order valence-electron chi connectivity index (χ3n) is 1.64. The molecule has 0 aromatic carbocycles. The minimum atomic E-state index is 1.00. The molecule has 0 aromatic rings. The lowest BCUT2D eigenvalue weighted by molar-refractivity contribution is 0.904. The average Bonchev–Trinajstić information content (AvgIpc) is 2.09. The molecule has 0 aliphatic heterocycles. The Morgan fingerprint density at radius 2 is 2.25 bits per heavy atom. The number of rotatable bonds is 5. The number of hydrogen-bond donors (Lipinski definition) is 0. The highest BCUT2D eigenvalue weighted by atomic mass is 79.9. The molecule has 12 heavy (non-hydrogen) atoms. The van der Waals surface area contributed by atoms with Gasteiger partial charge in [0, 0.05) is 11.8 Å². The third-order valence-corrected chi connectivity index (χ3v) is 2.20. The van der Waals surface area contributed by atoms with E-state index < -0.39 is 0 Å². The van der Waals surface area contributed by atoms with Gasteiger partial charge in [-0.05, 0) is 33.1 Å². The molecule has 0 unspecified atom stereocenters. The SMILES string of the molecule is CC#CCC/C=C(\C)CCCBr. The molecule has 0 radical (unpaired) electrons. The van der Waals surface area contributed by atoms with Crippen LogP contribution in [0.5, 0.6) is 0 Å². The maximum Gasteiger partial charge on any atom is 0.0123 e. The molecule has 0 N–H and O–H groups in total. The average molecular weight is 229 g/mol. The van der Waals surface area contributed by atoms with E-state index in [0.717, 1.165) is 18.2 Å². The normalized spacial score (nSPS) is 10.8. The second kappa shape index (κ2) is 8.87.